The number of nitrogens with zero attached hydrogens (tertiary/aromatic N) is 4. The van der Waals surface area contributed by atoms with Crippen molar-refractivity contribution in [1.29, 1.82) is 0 Å². The lowest BCUT2D eigenvalue weighted by Gasteiger charge is -2.12. The van der Waals surface area contributed by atoms with E-state index in [0.717, 1.165) is 43.6 Å². The number of benzene rings is 3. The standard InChI is InChI=1S/C32H20N6O2/c39-31(37-25-17-21-5-1-13-33-27(21)29-23(25)7-3-15-35-29)19-9-11-20(12-10-19)32(40)38-26-18-22-6-2-14-34-28(22)30-24(26)8-4-16-36-30/h1-18H,(H,37,39)(H,38,40). The lowest BCUT2D eigenvalue weighted by atomic mass is 10.1. The van der Waals surface area contributed by atoms with Gasteiger partial charge in [-0.2, -0.15) is 0 Å². The summed E-state index contributed by atoms with van der Waals surface area (Å²) in [6, 6.07) is 25.4. The Balaban J connectivity index is 1.15. The van der Waals surface area contributed by atoms with Crippen molar-refractivity contribution in [3.63, 3.8) is 0 Å². The van der Waals surface area contributed by atoms with Gasteiger partial charge in [0, 0.05) is 57.5 Å². The summed E-state index contributed by atoms with van der Waals surface area (Å²) in [4.78, 5) is 44.2. The van der Waals surface area contributed by atoms with Crippen LogP contribution in [0.2, 0.25) is 0 Å². The Bertz CT molecular complexity index is 1960. The summed E-state index contributed by atoms with van der Waals surface area (Å²) in [5.74, 6) is -0.584. The zero-order valence-corrected chi connectivity index (χ0v) is 21.0. The predicted octanol–water partition coefficient (Wildman–Crippen LogP) is 6.38. The van der Waals surface area contributed by atoms with Crippen molar-refractivity contribution in [2.45, 2.75) is 0 Å². The molecule has 0 saturated heterocycles. The number of carbonyl (C=O) groups excluding carboxylic acids is 2. The highest BCUT2D eigenvalue weighted by molar-refractivity contribution is 6.16. The van der Waals surface area contributed by atoms with E-state index in [0.29, 0.717) is 22.5 Å². The molecule has 8 heteroatoms. The Hall–Kier alpha value is -5.76. The SMILES string of the molecule is O=C(Nc1cc2cccnc2c2ncccc12)c1ccc(C(=O)Nc2cc3cccnc3c3ncccc23)cc1. The molecule has 2 N–H and O–H groups in total. The van der Waals surface area contributed by atoms with Gasteiger partial charge in [0.25, 0.3) is 11.8 Å². The summed E-state index contributed by atoms with van der Waals surface area (Å²) in [7, 11) is 0. The molecule has 190 valence electrons. The van der Waals surface area contributed by atoms with Gasteiger partial charge in [0.05, 0.1) is 33.4 Å². The molecule has 7 aromatic rings. The second kappa shape index (κ2) is 9.52. The van der Waals surface area contributed by atoms with Crippen molar-refractivity contribution in [2.24, 2.45) is 0 Å². The number of fused-ring (bicyclic) bond motifs is 6. The van der Waals surface area contributed by atoms with Crippen LogP contribution < -0.4 is 10.6 Å². The van der Waals surface area contributed by atoms with Crippen molar-refractivity contribution in [3.8, 4) is 0 Å². The maximum Gasteiger partial charge on any atom is 0.255 e. The number of amides is 2. The quantitative estimate of drug-likeness (QED) is 0.261. The Labute approximate surface area is 227 Å². The minimum atomic E-state index is -0.292. The highest BCUT2D eigenvalue weighted by Crippen LogP contribution is 2.31. The lowest BCUT2D eigenvalue weighted by Crippen LogP contribution is -2.15. The Morgan fingerprint density at radius 1 is 0.475 bits per heavy atom. The largest absolute Gasteiger partial charge is 0.321 e. The number of hydrogen-bond acceptors (Lipinski definition) is 6. The Morgan fingerprint density at radius 2 is 0.850 bits per heavy atom. The highest BCUT2D eigenvalue weighted by atomic mass is 16.2. The Kier molecular flexibility index (Phi) is 5.56. The van der Waals surface area contributed by atoms with Gasteiger partial charge in [-0.15, -0.1) is 0 Å². The molecule has 0 aliphatic heterocycles. The molecule has 40 heavy (non-hydrogen) atoms. The average molecular weight is 521 g/mol. The maximum absolute atomic E-state index is 13.2. The fourth-order valence-electron chi connectivity index (χ4n) is 4.92. The van der Waals surface area contributed by atoms with Gasteiger partial charge in [0.1, 0.15) is 0 Å². The smallest absolute Gasteiger partial charge is 0.255 e. The van der Waals surface area contributed by atoms with Gasteiger partial charge < -0.3 is 10.6 Å². The average Bonchev–Trinajstić information content (AvgIpc) is 3.01. The first-order chi connectivity index (χ1) is 19.7. The van der Waals surface area contributed by atoms with Gasteiger partial charge in [0.2, 0.25) is 0 Å². The minimum absolute atomic E-state index is 0.292. The van der Waals surface area contributed by atoms with E-state index < -0.39 is 0 Å². The first-order valence-corrected chi connectivity index (χ1v) is 12.6. The number of hydrogen-bond donors (Lipinski definition) is 2. The molecule has 0 fully saturated rings. The molecule has 0 aliphatic carbocycles. The summed E-state index contributed by atoms with van der Waals surface area (Å²) in [5, 5.41) is 9.35. The summed E-state index contributed by atoms with van der Waals surface area (Å²) in [6.07, 6.45) is 6.87. The van der Waals surface area contributed by atoms with Crippen LogP contribution in [0.1, 0.15) is 20.7 Å². The minimum Gasteiger partial charge on any atom is -0.321 e. The molecule has 0 saturated carbocycles. The van der Waals surface area contributed by atoms with Gasteiger partial charge in [-0.25, -0.2) is 0 Å². The fraction of sp³-hybridized carbons (Fsp3) is 0. The van der Waals surface area contributed by atoms with E-state index in [9.17, 15) is 9.59 Å². The van der Waals surface area contributed by atoms with Gasteiger partial charge >= 0.3 is 0 Å². The Morgan fingerprint density at radius 3 is 1.27 bits per heavy atom. The van der Waals surface area contributed by atoms with Crippen molar-refractivity contribution in [3.05, 3.63) is 121 Å². The normalized spacial score (nSPS) is 11.2. The highest BCUT2D eigenvalue weighted by Gasteiger charge is 2.15. The first-order valence-electron chi connectivity index (χ1n) is 12.6. The molecule has 0 radical (unpaired) electrons. The van der Waals surface area contributed by atoms with Gasteiger partial charge in [-0.05, 0) is 72.8 Å². The zero-order chi connectivity index (χ0) is 27.1. The van der Waals surface area contributed by atoms with Crippen LogP contribution in [0.3, 0.4) is 0 Å². The first kappa shape index (κ1) is 23.4. The number of aromatic nitrogens is 4. The number of rotatable bonds is 4. The summed E-state index contributed by atoms with van der Waals surface area (Å²) >= 11 is 0. The van der Waals surface area contributed by atoms with Crippen molar-refractivity contribution in [2.75, 3.05) is 10.6 Å². The summed E-state index contributed by atoms with van der Waals surface area (Å²) in [6.45, 7) is 0. The molecule has 3 aromatic carbocycles. The summed E-state index contributed by atoms with van der Waals surface area (Å²) < 4.78 is 0. The van der Waals surface area contributed by atoms with Crippen LogP contribution in [0.25, 0.3) is 43.6 Å². The third-order valence-corrected chi connectivity index (χ3v) is 6.83. The van der Waals surface area contributed by atoms with Crippen LogP contribution in [-0.2, 0) is 0 Å². The predicted molar refractivity (Wildman–Crippen MR) is 156 cm³/mol. The van der Waals surface area contributed by atoms with E-state index in [4.69, 9.17) is 0 Å². The molecule has 0 atom stereocenters. The number of pyridine rings is 4. The molecule has 4 aromatic heterocycles. The molecule has 0 unspecified atom stereocenters. The molecule has 0 spiro atoms. The van der Waals surface area contributed by atoms with Crippen LogP contribution in [0.15, 0.2) is 110 Å². The molecular weight excluding hydrogens is 500 g/mol. The molecular formula is C32H20N6O2. The number of carbonyl (C=O) groups is 2. The van der Waals surface area contributed by atoms with Crippen LogP contribution in [0, 0.1) is 0 Å². The van der Waals surface area contributed by atoms with Gasteiger partial charge in [-0.1, -0.05) is 12.1 Å². The van der Waals surface area contributed by atoms with Crippen LogP contribution in [0.5, 0.6) is 0 Å². The van der Waals surface area contributed by atoms with E-state index in [1.54, 1.807) is 49.1 Å². The second-order valence-corrected chi connectivity index (χ2v) is 9.28. The third kappa shape index (κ3) is 4.04. The molecule has 8 nitrogen and oxygen atoms in total. The number of nitrogens with one attached hydrogen (secondary N) is 2. The maximum atomic E-state index is 13.2. The van der Waals surface area contributed by atoms with Crippen LogP contribution in [-0.4, -0.2) is 31.8 Å². The molecule has 0 aliphatic rings. The van der Waals surface area contributed by atoms with E-state index >= 15 is 0 Å². The van der Waals surface area contributed by atoms with E-state index in [2.05, 4.69) is 30.6 Å². The van der Waals surface area contributed by atoms with Gasteiger partial charge in [-0.3, -0.25) is 29.5 Å². The van der Waals surface area contributed by atoms with E-state index in [-0.39, 0.29) is 11.8 Å². The summed E-state index contributed by atoms with van der Waals surface area (Å²) in [5.41, 5.74) is 5.11. The van der Waals surface area contributed by atoms with Crippen molar-refractivity contribution < 1.29 is 9.59 Å². The monoisotopic (exact) mass is 520 g/mol. The molecule has 2 amide bonds. The second-order valence-electron chi connectivity index (χ2n) is 9.28. The van der Waals surface area contributed by atoms with Crippen molar-refractivity contribution in [1.82, 2.24) is 19.9 Å². The van der Waals surface area contributed by atoms with Crippen LogP contribution >= 0.6 is 0 Å². The van der Waals surface area contributed by atoms with Crippen LogP contribution in [0.4, 0.5) is 11.4 Å². The molecule has 4 heterocycles. The molecule has 7 rings (SSSR count). The van der Waals surface area contributed by atoms with Crippen molar-refractivity contribution >= 4 is 66.8 Å². The topological polar surface area (TPSA) is 110 Å². The zero-order valence-electron chi connectivity index (χ0n) is 21.0. The van der Waals surface area contributed by atoms with E-state index in [1.165, 1.54) is 0 Å². The van der Waals surface area contributed by atoms with Gasteiger partial charge in [0.15, 0.2) is 0 Å². The molecule has 0 bridgehead atoms. The lowest BCUT2D eigenvalue weighted by molar-refractivity contribution is 0.101. The number of anilines is 2. The third-order valence-electron chi connectivity index (χ3n) is 6.83. The van der Waals surface area contributed by atoms with E-state index in [1.807, 2.05) is 60.7 Å². The fourth-order valence-corrected chi connectivity index (χ4v) is 4.92.